The molecule has 0 spiro atoms. The highest BCUT2D eigenvalue weighted by atomic mass is 79.9. The van der Waals surface area contributed by atoms with Gasteiger partial charge >= 0.3 is 0 Å². The maximum Gasteiger partial charge on any atom is 0.175 e. The molecule has 22 heavy (non-hydrogen) atoms. The van der Waals surface area contributed by atoms with Crippen LogP contribution in [-0.4, -0.2) is 26.6 Å². The van der Waals surface area contributed by atoms with Crippen molar-refractivity contribution in [3.05, 3.63) is 64.1 Å². The van der Waals surface area contributed by atoms with Crippen LogP contribution in [0.15, 0.2) is 57.9 Å². The molecule has 0 aliphatic rings. The Morgan fingerprint density at radius 2 is 1.59 bits per heavy atom. The lowest BCUT2D eigenvalue weighted by Crippen LogP contribution is -2.21. The van der Waals surface area contributed by atoms with Gasteiger partial charge in [0.25, 0.3) is 0 Å². The van der Waals surface area contributed by atoms with E-state index < -0.39 is 9.84 Å². The van der Waals surface area contributed by atoms with Crippen LogP contribution in [0.4, 0.5) is 0 Å². The SMILES string of the molecule is CC(c1ccc(S(C)(=O)=O)cc1)N(C)Cc1ccc(Br)cc1. The highest BCUT2D eigenvalue weighted by molar-refractivity contribution is 9.10. The van der Waals surface area contributed by atoms with E-state index in [1.165, 1.54) is 11.8 Å². The van der Waals surface area contributed by atoms with Crippen molar-refractivity contribution in [2.24, 2.45) is 0 Å². The number of benzene rings is 2. The summed E-state index contributed by atoms with van der Waals surface area (Å²) in [6.45, 7) is 2.95. The van der Waals surface area contributed by atoms with Crippen molar-refractivity contribution in [1.82, 2.24) is 4.90 Å². The molecule has 0 aromatic heterocycles. The van der Waals surface area contributed by atoms with Crippen LogP contribution in [0.25, 0.3) is 0 Å². The minimum Gasteiger partial charge on any atom is -0.295 e. The fourth-order valence-electron chi connectivity index (χ4n) is 2.26. The summed E-state index contributed by atoms with van der Waals surface area (Å²) in [5, 5.41) is 0. The monoisotopic (exact) mass is 381 g/mol. The molecule has 5 heteroatoms. The Morgan fingerprint density at radius 1 is 1.05 bits per heavy atom. The molecular formula is C17H20BrNO2S. The molecule has 0 N–H and O–H groups in total. The fourth-order valence-corrected chi connectivity index (χ4v) is 3.16. The molecular weight excluding hydrogens is 362 g/mol. The first-order chi connectivity index (χ1) is 10.3. The Balaban J connectivity index is 2.10. The molecule has 0 amide bonds. The second kappa shape index (κ2) is 6.94. The molecule has 0 saturated heterocycles. The predicted molar refractivity (Wildman–Crippen MR) is 93.6 cm³/mol. The number of hydrogen-bond donors (Lipinski definition) is 0. The Hall–Kier alpha value is -1.17. The summed E-state index contributed by atoms with van der Waals surface area (Å²) in [4.78, 5) is 2.60. The van der Waals surface area contributed by atoms with Crippen molar-refractivity contribution >= 4 is 25.8 Å². The predicted octanol–water partition coefficient (Wildman–Crippen LogP) is 4.05. The Kier molecular flexibility index (Phi) is 5.42. The third-order valence-electron chi connectivity index (χ3n) is 3.80. The highest BCUT2D eigenvalue weighted by Gasteiger charge is 2.13. The van der Waals surface area contributed by atoms with E-state index in [4.69, 9.17) is 0 Å². The minimum atomic E-state index is -3.14. The first-order valence-corrected chi connectivity index (χ1v) is 9.70. The van der Waals surface area contributed by atoms with Gasteiger partial charge in [0.2, 0.25) is 0 Å². The molecule has 0 aliphatic heterocycles. The standard InChI is InChI=1S/C17H20BrNO2S/c1-13(15-6-10-17(11-7-15)22(3,20)21)19(2)12-14-4-8-16(18)9-5-14/h4-11,13H,12H2,1-3H3. The van der Waals surface area contributed by atoms with Crippen molar-refractivity contribution in [3.8, 4) is 0 Å². The minimum absolute atomic E-state index is 0.206. The van der Waals surface area contributed by atoms with Crippen molar-refractivity contribution in [2.45, 2.75) is 24.4 Å². The third kappa shape index (κ3) is 4.41. The van der Waals surface area contributed by atoms with Gasteiger partial charge in [-0.25, -0.2) is 8.42 Å². The van der Waals surface area contributed by atoms with E-state index in [-0.39, 0.29) is 6.04 Å². The molecule has 0 bridgehead atoms. The topological polar surface area (TPSA) is 37.4 Å². The van der Waals surface area contributed by atoms with E-state index in [0.29, 0.717) is 4.90 Å². The Bertz CT molecular complexity index is 724. The Labute approximate surface area is 141 Å². The van der Waals surface area contributed by atoms with Gasteiger partial charge in [-0.05, 0) is 49.4 Å². The number of rotatable bonds is 5. The van der Waals surface area contributed by atoms with E-state index >= 15 is 0 Å². The van der Waals surface area contributed by atoms with Crippen molar-refractivity contribution < 1.29 is 8.42 Å². The molecule has 0 radical (unpaired) electrons. The summed E-state index contributed by atoms with van der Waals surface area (Å²) in [6.07, 6.45) is 1.23. The molecule has 1 atom stereocenters. The van der Waals surface area contributed by atoms with E-state index in [1.54, 1.807) is 12.1 Å². The van der Waals surface area contributed by atoms with Gasteiger partial charge in [-0.1, -0.05) is 40.2 Å². The number of halogens is 1. The average molecular weight is 382 g/mol. The van der Waals surface area contributed by atoms with Gasteiger partial charge in [0.1, 0.15) is 0 Å². The van der Waals surface area contributed by atoms with Crippen LogP contribution in [0, 0.1) is 0 Å². The van der Waals surface area contributed by atoms with Crippen molar-refractivity contribution in [1.29, 1.82) is 0 Å². The quantitative estimate of drug-likeness (QED) is 0.783. The smallest absolute Gasteiger partial charge is 0.175 e. The van der Waals surface area contributed by atoms with Crippen LogP contribution in [0.1, 0.15) is 24.1 Å². The zero-order chi connectivity index (χ0) is 16.3. The largest absolute Gasteiger partial charge is 0.295 e. The highest BCUT2D eigenvalue weighted by Crippen LogP contribution is 2.22. The molecule has 0 heterocycles. The lowest BCUT2D eigenvalue weighted by molar-refractivity contribution is 0.253. The summed E-state index contributed by atoms with van der Waals surface area (Å²) in [5.74, 6) is 0. The maximum absolute atomic E-state index is 11.5. The van der Waals surface area contributed by atoms with Gasteiger partial charge in [-0.15, -0.1) is 0 Å². The lowest BCUT2D eigenvalue weighted by atomic mass is 10.1. The van der Waals surface area contributed by atoms with Gasteiger partial charge in [0.05, 0.1) is 4.90 Å². The van der Waals surface area contributed by atoms with E-state index in [9.17, 15) is 8.42 Å². The summed E-state index contributed by atoms with van der Waals surface area (Å²) in [6, 6.07) is 15.6. The van der Waals surface area contributed by atoms with Gasteiger partial charge in [0, 0.05) is 23.3 Å². The first-order valence-electron chi connectivity index (χ1n) is 7.02. The molecule has 2 aromatic rings. The van der Waals surface area contributed by atoms with Gasteiger partial charge in [0.15, 0.2) is 9.84 Å². The summed E-state index contributed by atoms with van der Waals surface area (Å²) >= 11 is 3.44. The maximum atomic E-state index is 11.5. The first kappa shape index (κ1) is 17.2. The van der Waals surface area contributed by atoms with Crippen LogP contribution in [-0.2, 0) is 16.4 Å². The van der Waals surface area contributed by atoms with Gasteiger partial charge < -0.3 is 0 Å². The molecule has 1 unspecified atom stereocenters. The molecule has 0 aliphatic carbocycles. The van der Waals surface area contributed by atoms with E-state index in [1.807, 2.05) is 24.3 Å². The third-order valence-corrected chi connectivity index (χ3v) is 5.45. The number of sulfone groups is 1. The second-order valence-electron chi connectivity index (χ2n) is 5.56. The van der Waals surface area contributed by atoms with E-state index in [2.05, 4.69) is 46.9 Å². The van der Waals surface area contributed by atoms with Crippen LogP contribution >= 0.6 is 15.9 Å². The van der Waals surface area contributed by atoms with Crippen molar-refractivity contribution in [3.63, 3.8) is 0 Å². The molecule has 118 valence electrons. The normalized spacial score (nSPS) is 13.3. The van der Waals surface area contributed by atoms with Crippen LogP contribution in [0.5, 0.6) is 0 Å². The van der Waals surface area contributed by atoms with Crippen LogP contribution < -0.4 is 0 Å². The summed E-state index contributed by atoms with van der Waals surface area (Å²) in [7, 11) is -1.07. The second-order valence-corrected chi connectivity index (χ2v) is 8.49. The fraction of sp³-hybridized carbons (Fsp3) is 0.294. The number of hydrogen-bond acceptors (Lipinski definition) is 3. The zero-order valence-electron chi connectivity index (χ0n) is 13.0. The van der Waals surface area contributed by atoms with Crippen LogP contribution in [0.2, 0.25) is 0 Å². The summed E-state index contributed by atoms with van der Waals surface area (Å²) < 4.78 is 24.1. The molecule has 0 fully saturated rings. The molecule has 2 rings (SSSR count). The van der Waals surface area contributed by atoms with Crippen molar-refractivity contribution in [2.75, 3.05) is 13.3 Å². The summed E-state index contributed by atoms with van der Waals surface area (Å²) in [5.41, 5.74) is 2.34. The van der Waals surface area contributed by atoms with Crippen LogP contribution in [0.3, 0.4) is 0 Å². The van der Waals surface area contributed by atoms with Gasteiger partial charge in [-0.2, -0.15) is 0 Å². The number of nitrogens with zero attached hydrogens (tertiary/aromatic N) is 1. The van der Waals surface area contributed by atoms with E-state index in [0.717, 1.165) is 16.6 Å². The molecule has 3 nitrogen and oxygen atoms in total. The average Bonchev–Trinajstić information content (AvgIpc) is 2.48. The Morgan fingerprint density at radius 3 is 2.09 bits per heavy atom. The lowest BCUT2D eigenvalue weighted by Gasteiger charge is -2.25. The molecule has 0 saturated carbocycles. The van der Waals surface area contributed by atoms with Gasteiger partial charge in [-0.3, -0.25) is 4.90 Å². The molecule has 2 aromatic carbocycles. The zero-order valence-corrected chi connectivity index (χ0v) is 15.4.